The number of rotatable bonds is 3. The first-order chi connectivity index (χ1) is 15.1. The van der Waals surface area contributed by atoms with Crippen molar-refractivity contribution in [1.29, 1.82) is 0 Å². The van der Waals surface area contributed by atoms with Gasteiger partial charge in [-0.3, -0.25) is 14.2 Å². The number of ether oxygens (including phenoxy) is 1. The van der Waals surface area contributed by atoms with Gasteiger partial charge < -0.3 is 9.64 Å². The van der Waals surface area contributed by atoms with Crippen molar-refractivity contribution in [3.8, 4) is 0 Å². The van der Waals surface area contributed by atoms with E-state index in [4.69, 9.17) is 4.74 Å². The number of hydrogen-bond donors (Lipinski definition) is 0. The number of carbonyl (C=O) groups excluding carboxylic acids is 1. The van der Waals surface area contributed by atoms with E-state index in [9.17, 15) is 14.0 Å². The van der Waals surface area contributed by atoms with Crippen molar-refractivity contribution in [2.45, 2.75) is 42.0 Å². The molecule has 1 aromatic heterocycles. The lowest BCUT2D eigenvalue weighted by Gasteiger charge is -2.40. The predicted octanol–water partition coefficient (Wildman–Crippen LogP) is 3.56. The molecule has 5 atom stereocenters. The molecule has 31 heavy (non-hydrogen) atoms. The number of morpholine rings is 1. The molecule has 4 aliphatic rings. The maximum Gasteiger partial charge on any atom is 0.308 e. The topological polar surface area (TPSA) is 51.5 Å². The lowest BCUT2D eigenvalue weighted by molar-refractivity contribution is -0.136. The Hall–Kier alpha value is -1.64. The van der Waals surface area contributed by atoms with Crippen LogP contribution in [-0.4, -0.2) is 46.9 Å². The van der Waals surface area contributed by atoms with Crippen molar-refractivity contribution >= 4 is 29.0 Å². The molecule has 6 rings (SSSR count). The molecule has 0 N–H and O–H groups in total. The summed E-state index contributed by atoms with van der Waals surface area (Å²) >= 11 is 3.12. The predicted molar refractivity (Wildman–Crippen MR) is 118 cm³/mol. The zero-order valence-corrected chi connectivity index (χ0v) is 18.8. The van der Waals surface area contributed by atoms with E-state index in [-0.39, 0.29) is 29.1 Å². The van der Waals surface area contributed by atoms with Gasteiger partial charge in [0, 0.05) is 29.1 Å². The third-order valence-electron chi connectivity index (χ3n) is 7.58. The summed E-state index contributed by atoms with van der Waals surface area (Å²) in [6.45, 7) is 2.37. The Kier molecular flexibility index (Phi) is 5.00. The monoisotopic (exact) mass is 460 g/mol. The van der Waals surface area contributed by atoms with Crippen molar-refractivity contribution in [2.75, 3.05) is 26.3 Å². The highest BCUT2D eigenvalue weighted by Gasteiger charge is 2.55. The Morgan fingerprint density at radius 3 is 2.65 bits per heavy atom. The van der Waals surface area contributed by atoms with Crippen LogP contribution in [0.2, 0.25) is 0 Å². The summed E-state index contributed by atoms with van der Waals surface area (Å²) in [5.74, 6) is 1.71. The van der Waals surface area contributed by atoms with Gasteiger partial charge in [0.25, 0.3) is 0 Å². The van der Waals surface area contributed by atoms with Crippen LogP contribution in [0.25, 0.3) is 0 Å². The summed E-state index contributed by atoms with van der Waals surface area (Å²) in [4.78, 5) is 28.8. The number of amides is 1. The fourth-order valence-corrected chi connectivity index (χ4v) is 9.33. The third-order valence-corrected chi connectivity index (χ3v) is 10.4. The zero-order valence-electron chi connectivity index (χ0n) is 17.2. The second-order valence-corrected chi connectivity index (χ2v) is 11.3. The van der Waals surface area contributed by atoms with Gasteiger partial charge in [-0.05, 0) is 54.7 Å². The molecule has 1 saturated heterocycles. The van der Waals surface area contributed by atoms with E-state index >= 15 is 0 Å². The standard InChI is InChI=1S/C23H25FN2O3S2/c24-16-5-3-13(4-6-16)18-19-14-1-2-15(11-14)20(19)30-22-21(18)31-23(28)26(22)12-17(27)25-7-9-29-10-8-25/h3-6,14-15,18-20H,1-2,7-12H2/t14?,15?,18-,19?,20?/m0/s1. The molecule has 2 aliphatic carbocycles. The van der Waals surface area contributed by atoms with Crippen LogP contribution in [-0.2, 0) is 16.1 Å². The number of thioether (sulfide) groups is 1. The summed E-state index contributed by atoms with van der Waals surface area (Å²) in [6.07, 6.45) is 3.77. The van der Waals surface area contributed by atoms with E-state index < -0.39 is 0 Å². The molecule has 4 unspecified atom stereocenters. The van der Waals surface area contributed by atoms with Crippen molar-refractivity contribution in [2.24, 2.45) is 17.8 Å². The molecule has 3 fully saturated rings. The summed E-state index contributed by atoms with van der Waals surface area (Å²) < 4.78 is 20.7. The summed E-state index contributed by atoms with van der Waals surface area (Å²) in [5.41, 5.74) is 1.10. The van der Waals surface area contributed by atoms with E-state index in [1.165, 1.54) is 42.7 Å². The highest BCUT2D eigenvalue weighted by molar-refractivity contribution is 8.00. The average Bonchev–Trinajstić information content (AvgIpc) is 3.48. The second-order valence-electron chi connectivity index (χ2n) is 9.14. The van der Waals surface area contributed by atoms with Gasteiger partial charge in [0.2, 0.25) is 5.91 Å². The lowest BCUT2D eigenvalue weighted by atomic mass is 9.75. The highest BCUT2D eigenvalue weighted by atomic mass is 32.2. The first-order valence-corrected chi connectivity index (χ1v) is 12.8. The van der Waals surface area contributed by atoms with Crippen LogP contribution in [0.5, 0.6) is 0 Å². The molecule has 2 bridgehead atoms. The minimum Gasteiger partial charge on any atom is -0.378 e. The molecular formula is C23H25FN2O3S2. The number of halogens is 1. The first-order valence-electron chi connectivity index (χ1n) is 11.1. The second kappa shape index (κ2) is 7.74. The summed E-state index contributed by atoms with van der Waals surface area (Å²) in [7, 11) is 0. The maximum atomic E-state index is 13.6. The molecule has 2 saturated carbocycles. The van der Waals surface area contributed by atoms with Gasteiger partial charge in [-0.2, -0.15) is 0 Å². The van der Waals surface area contributed by atoms with E-state index in [0.29, 0.717) is 49.3 Å². The molecule has 2 aliphatic heterocycles. The van der Waals surface area contributed by atoms with Crippen LogP contribution in [0.4, 0.5) is 4.39 Å². The largest absolute Gasteiger partial charge is 0.378 e. The van der Waals surface area contributed by atoms with Gasteiger partial charge >= 0.3 is 4.87 Å². The quantitative estimate of drug-likeness (QED) is 0.703. The highest BCUT2D eigenvalue weighted by Crippen LogP contribution is 2.63. The molecule has 1 amide bonds. The summed E-state index contributed by atoms with van der Waals surface area (Å²) in [6, 6.07) is 6.83. The third kappa shape index (κ3) is 3.29. The molecule has 5 nitrogen and oxygen atoms in total. The Balaban J connectivity index is 1.40. The number of fused-ring (bicyclic) bond motifs is 6. The first kappa shape index (κ1) is 20.0. The van der Waals surface area contributed by atoms with Crippen LogP contribution < -0.4 is 4.87 Å². The maximum absolute atomic E-state index is 13.6. The molecule has 1 aromatic carbocycles. The Morgan fingerprint density at radius 1 is 1.13 bits per heavy atom. The van der Waals surface area contributed by atoms with Gasteiger partial charge in [-0.25, -0.2) is 4.39 Å². The Morgan fingerprint density at radius 2 is 1.87 bits per heavy atom. The van der Waals surface area contributed by atoms with Gasteiger partial charge in [0.1, 0.15) is 12.4 Å². The molecule has 0 spiro atoms. The van der Waals surface area contributed by atoms with Gasteiger partial charge in [-0.15, -0.1) is 11.8 Å². The van der Waals surface area contributed by atoms with Crippen LogP contribution in [0.15, 0.2) is 34.1 Å². The minimum absolute atomic E-state index is 0.0139. The molecule has 3 heterocycles. The van der Waals surface area contributed by atoms with Crippen LogP contribution in [0, 0.1) is 23.6 Å². The van der Waals surface area contributed by atoms with E-state index in [1.807, 2.05) is 23.9 Å². The Labute approximate surface area is 188 Å². The molecule has 164 valence electrons. The normalized spacial score (nSPS) is 31.5. The summed E-state index contributed by atoms with van der Waals surface area (Å²) in [5, 5.41) is 1.44. The zero-order chi connectivity index (χ0) is 21.1. The number of nitrogens with zero attached hydrogens (tertiary/aromatic N) is 2. The van der Waals surface area contributed by atoms with E-state index in [1.54, 1.807) is 9.47 Å². The smallest absolute Gasteiger partial charge is 0.308 e. The van der Waals surface area contributed by atoms with Crippen molar-refractivity contribution in [3.05, 3.63) is 50.2 Å². The van der Waals surface area contributed by atoms with Crippen molar-refractivity contribution in [3.63, 3.8) is 0 Å². The van der Waals surface area contributed by atoms with Crippen molar-refractivity contribution in [1.82, 2.24) is 9.47 Å². The average molecular weight is 461 g/mol. The number of benzene rings is 1. The molecule has 0 radical (unpaired) electrons. The number of thiazole rings is 1. The molecular weight excluding hydrogens is 435 g/mol. The van der Waals surface area contributed by atoms with Gasteiger partial charge in [-0.1, -0.05) is 23.5 Å². The van der Waals surface area contributed by atoms with Crippen LogP contribution >= 0.6 is 23.1 Å². The number of carbonyl (C=O) groups is 1. The van der Waals surface area contributed by atoms with Crippen molar-refractivity contribution < 1.29 is 13.9 Å². The molecule has 2 aromatic rings. The minimum atomic E-state index is -0.236. The Bertz CT molecular complexity index is 1060. The fourth-order valence-electron chi connectivity index (χ4n) is 6.18. The molecule has 8 heteroatoms. The van der Waals surface area contributed by atoms with Crippen LogP contribution in [0.3, 0.4) is 0 Å². The SMILES string of the molecule is O=C(Cn1c2c(sc1=O)[C@@H](c1ccc(F)cc1)C1C3CCC(C3)C1S2)N1CCOCC1. The van der Waals surface area contributed by atoms with Gasteiger partial charge in [0.15, 0.2) is 0 Å². The van der Waals surface area contributed by atoms with E-state index in [2.05, 4.69) is 0 Å². The van der Waals surface area contributed by atoms with Crippen LogP contribution in [0.1, 0.15) is 35.6 Å². The van der Waals surface area contributed by atoms with Gasteiger partial charge in [0.05, 0.1) is 18.2 Å². The fraction of sp³-hybridized carbons (Fsp3) is 0.565. The lowest BCUT2D eigenvalue weighted by Crippen LogP contribution is -2.43. The number of aromatic nitrogens is 1. The number of hydrogen-bond acceptors (Lipinski definition) is 5. The van der Waals surface area contributed by atoms with E-state index in [0.717, 1.165) is 15.5 Å².